The highest BCUT2D eigenvalue weighted by Crippen LogP contribution is 2.18. The molecule has 2 rings (SSSR count). The largest absolute Gasteiger partial charge is 0.389 e. The molecule has 2 nitrogen and oxygen atoms in total. The van der Waals surface area contributed by atoms with Crippen LogP contribution in [0.15, 0.2) is 30.3 Å². The van der Waals surface area contributed by atoms with E-state index in [4.69, 9.17) is 18.0 Å². The zero-order valence-corrected chi connectivity index (χ0v) is 13.3. The number of aryl methyl sites for hydroxylation is 3. The molecule has 0 fully saturated rings. The monoisotopic (exact) mass is 302 g/mol. The zero-order chi connectivity index (χ0) is 15.6. The van der Waals surface area contributed by atoms with Crippen molar-refractivity contribution in [2.75, 3.05) is 5.32 Å². The highest BCUT2D eigenvalue weighted by molar-refractivity contribution is 7.80. The number of anilines is 1. The molecular weight excluding hydrogens is 283 g/mol. The van der Waals surface area contributed by atoms with Crippen molar-refractivity contribution in [1.29, 1.82) is 0 Å². The summed E-state index contributed by atoms with van der Waals surface area (Å²) in [5.41, 5.74) is 11.0. The molecule has 0 aliphatic rings. The second-order valence-electron chi connectivity index (χ2n) is 5.29. The van der Waals surface area contributed by atoms with Gasteiger partial charge in [0.15, 0.2) is 0 Å². The fourth-order valence-corrected chi connectivity index (χ4v) is 2.62. The van der Waals surface area contributed by atoms with E-state index in [1.807, 2.05) is 37.3 Å². The average Bonchev–Trinajstić information content (AvgIpc) is 2.42. The molecule has 0 spiro atoms. The van der Waals surface area contributed by atoms with E-state index >= 15 is 0 Å². The van der Waals surface area contributed by atoms with Crippen molar-refractivity contribution in [3.8, 4) is 0 Å². The van der Waals surface area contributed by atoms with Crippen molar-refractivity contribution in [1.82, 2.24) is 0 Å². The maximum atomic E-state index is 13.6. The number of nitrogens with two attached hydrogens (primary N) is 1. The fourth-order valence-electron chi connectivity index (χ4n) is 2.39. The lowest BCUT2D eigenvalue weighted by atomic mass is 10.1. The summed E-state index contributed by atoms with van der Waals surface area (Å²) in [7, 11) is 0. The van der Waals surface area contributed by atoms with Gasteiger partial charge in [0, 0.05) is 17.8 Å². The number of hydrogen-bond donors (Lipinski definition) is 2. The van der Waals surface area contributed by atoms with Gasteiger partial charge in [-0.2, -0.15) is 0 Å². The smallest absolute Gasteiger partial charge is 0.129 e. The lowest BCUT2D eigenvalue weighted by molar-refractivity contribution is 0.608. The van der Waals surface area contributed by atoms with Gasteiger partial charge in [-0.05, 0) is 61.2 Å². The fraction of sp³-hybridized carbons (Fsp3) is 0.235. The van der Waals surface area contributed by atoms with Gasteiger partial charge in [-0.25, -0.2) is 4.39 Å². The Kier molecular flexibility index (Phi) is 4.58. The van der Waals surface area contributed by atoms with Gasteiger partial charge in [0.05, 0.1) is 0 Å². The molecule has 2 aromatic carbocycles. The number of halogens is 1. The third-order valence-corrected chi connectivity index (χ3v) is 3.70. The quantitative estimate of drug-likeness (QED) is 0.838. The molecule has 0 amide bonds. The summed E-state index contributed by atoms with van der Waals surface area (Å²) in [6.45, 7) is 6.19. The molecule has 0 saturated carbocycles. The Morgan fingerprint density at radius 1 is 1.10 bits per heavy atom. The summed E-state index contributed by atoms with van der Waals surface area (Å²) < 4.78 is 13.6. The van der Waals surface area contributed by atoms with Crippen LogP contribution < -0.4 is 11.1 Å². The Balaban J connectivity index is 2.13. The highest BCUT2D eigenvalue weighted by atomic mass is 32.1. The molecular formula is C17H19FN2S. The predicted molar refractivity (Wildman–Crippen MR) is 90.3 cm³/mol. The van der Waals surface area contributed by atoms with Crippen molar-refractivity contribution in [2.45, 2.75) is 27.3 Å². The molecule has 0 aliphatic heterocycles. The highest BCUT2D eigenvalue weighted by Gasteiger charge is 2.05. The van der Waals surface area contributed by atoms with Crippen LogP contribution in [0.3, 0.4) is 0 Å². The Morgan fingerprint density at radius 3 is 2.24 bits per heavy atom. The summed E-state index contributed by atoms with van der Waals surface area (Å²) >= 11 is 5.00. The van der Waals surface area contributed by atoms with E-state index in [1.54, 1.807) is 13.8 Å². The molecule has 0 heterocycles. The molecule has 0 saturated heterocycles. The van der Waals surface area contributed by atoms with Crippen molar-refractivity contribution in [2.24, 2.45) is 5.73 Å². The van der Waals surface area contributed by atoms with Gasteiger partial charge < -0.3 is 11.1 Å². The van der Waals surface area contributed by atoms with Crippen LogP contribution in [-0.2, 0) is 6.54 Å². The van der Waals surface area contributed by atoms with E-state index < -0.39 is 0 Å². The number of thiocarbonyl (C=S) groups is 1. The van der Waals surface area contributed by atoms with E-state index in [0.29, 0.717) is 22.7 Å². The number of hydrogen-bond acceptors (Lipinski definition) is 2. The third-order valence-electron chi connectivity index (χ3n) is 3.48. The molecule has 0 atom stereocenters. The minimum atomic E-state index is -0.129. The topological polar surface area (TPSA) is 38.0 Å². The summed E-state index contributed by atoms with van der Waals surface area (Å²) in [5.74, 6) is -0.129. The summed E-state index contributed by atoms with van der Waals surface area (Å²) in [6, 6.07) is 9.61. The van der Waals surface area contributed by atoms with Crippen LogP contribution in [0.5, 0.6) is 0 Å². The molecule has 0 aliphatic carbocycles. The Morgan fingerprint density at radius 2 is 1.71 bits per heavy atom. The van der Waals surface area contributed by atoms with E-state index in [2.05, 4.69) is 5.32 Å². The van der Waals surface area contributed by atoms with E-state index in [1.165, 1.54) is 0 Å². The third kappa shape index (κ3) is 3.58. The van der Waals surface area contributed by atoms with Crippen molar-refractivity contribution in [3.63, 3.8) is 0 Å². The molecule has 4 heteroatoms. The lowest BCUT2D eigenvalue weighted by Crippen LogP contribution is -2.11. The minimum absolute atomic E-state index is 0.129. The first-order valence-corrected chi connectivity index (χ1v) is 7.19. The van der Waals surface area contributed by atoms with Crippen LogP contribution in [0.25, 0.3) is 0 Å². The van der Waals surface area contributed by atoms with Gasteiger partial charge in [0.1, 0.15) is 10.8 Å². The van der Waals surface area contributed by atoms with Crippen LogP contribution in [0.1, 0.15) is 27.8 Å². The summed E-state index contributed by atoms with van der Waals surface area (Å²) in [6.07, 6.45) is 0. The van der Waals surface area contributed by atoms with Crippen LogP contribution in [0.4, 0.5) is 10.1 Å². The van der Waals surface area contributed by atoms with Crippen LogP contribution in [0, 0.1) is 26.6 Å². The van der Waals surface area contributed by atoms with Gasteiger partial charge in [0.25, 0.3) is 0 Å². The van der Waals surface area contributed by atoms with Gasteiger partial charge in [-0.15, -0.1) is 0 Å². The average molecular weight is 302 g/mol. The second-order valence-corrected chi connectivity index (χ2v) is 5.73. The SMILES string of the molecule is Cc1cc(NCc2cc(C)c(F)c(C)c2)ccc1C(N)=S. The Bertz CT molecular complexity index is 672. The Labute approximate surface area is 130 Å². The molecule has 0 aromatic heterocycles. The van der Waals surface area contributed by atoms with Gasteiger partial charge >= 0.3 is 0 Å². The van der Waals surface area contributed by atoms with Crippen molar-refractivity contribution < 1.29 is 4.39 Å². The molecule has 2 aromatic rings. The maximum absolute atomic E-state index is 13.6. The standard InChI is InChI=1S/C17H19FN2S/c1-10-8-14(4-5-15(10)17(19)21)20-9-13-6-11(2)16(18)12(3)7-13/h4-8,20H,9H2,1-3H3,(H2,19,21). The van der Waals surface area contributed by atoms with Crippen LogP contribution in [0.2, 0.25) is 0 Å². The van der Waals surface area contributed by atoms with Gasteiger partial charge in [0.2, 0.25) is 0 Å². The molecule has 0 radical (unpaired) electrons. The normalized spacial score (nSPS) is 10.5. The number of rotatable bonds is 4. The first-order valence-electron chi connectivity index (χ1n) is 6.78. The summed E-state index contributed by atoms with van der Waals surface area (Å²) in [5, 5.41) is 3.34. The van der Waals surface area contributed by atoms with Gasteiger partial charge in [-0.3, -0.25) is 0 Å². The molecule has 110 valence electrons. The first kappa shape index (κ1) is 15.4. The zero-order valence-electron chi connectivity index (χ0n) is 12.5. The summed E-state index contributed by atoms with van der Waals surface area (Å²) in [4.78, 5) is 0.406. The molecule has 3 N–H and O–H groups in total. The van der Waals surface area contributed by atoms with Crippen molar-refractivity contribution >= 4 is 22.9 Å². The maximum Gasteiger partial charge on any atom is 0.129 e. The lowest BCUT2D eigenvalue weighted by Gasteiger charge is -2.11. The van der Waals surface area contributed by atoms with Gasteiger partial charge in [-0.1, -0.05) is 24.4 Å². The van der Waals surface area contributed by atoms with E-state index in [-0.39, 0.29) is 5.82 Å². The molecule has 0 unspecified atom stereocenters. The van der Waals surface area contributed by atoms with E-state index in [0.717, 1.165) is 22.4 Å². The molecule has 21 heavy (non-hydrogen) atoms. The van der Waals surface area contributed by atoms with Crippen LogP contribution in [-0.4, -0.2) is 4.99 Å². The second kappa shape index (κ2) is 6.22. The predicted octanol–water partition coefficient (Wildman–Crippen LogP) is 4.00. The molecule has 0 bridgehead atoms. The van der Waals surface area contributed by atoms with Crippen molar-refractivity contribution in [3.05, 3.63) is 64.0 Å². The van der Waals surface area contributed by atoms with Crippen LogP contribution >= 0.6 is 12.2 Å². The number of nitrogens with one attached hydrogen (secondary N) is 1. The minimum Gasteiger partial charge on any atom is -0.389 e. The first-order chi connectivity index (χ1) is 9.88. The number of benzene rings is 2. The Hall–Kier alpha value is -1.94. The van der Waals surface area contributed by atoms with E-state index in [9.17, 15) is 4.39 Å².